The van der Waals surface area contributed by atoms with E-state index in [9.17, 15) is 0 Å². The molecule has 0 spiro atoms. The minimum atomic E-state index is 1.06. The smallest absolute Gasteiger partial charge is 0.0167 e. The lowest BCUT2D eigenvalue weighted by Crippen LogP contribution is -2.46. The number of benzene rings is 2. The van der Waals surface area contributed by atoms with Gasteiger partial charge in [-0.2, -0.15) is 0 Å². The molecule has 0 bridgehead atoms. The third kappa shape index (κ3) is 5.63. The molecular weight excluding hydrogens is 292 g/mol. The third-order valence-corrected chi connectivity index (χ3v) is 4.72. The summed E-state index contributed by atoms with van der Waals surface area (Å²) in [5.41, 5.74) is 2.75. The normalized spacial score (nSPS) is 16.7. The van der Waals surface area contributed by atoms with E-state index in [1.54, 1.807) is 0 Å². The standard InChI is InChI=1S/C22H28N2/c1-3-9-21(10-4-1)13-7-15-23-17-19-24(20-18-23)16-8-14-22-11-5-2-6-12-22/h1-7,9-13H,8,14-20H2/b13-7-. The molecule has 2 heteroatoms. The fourth-order valence-corrected chi connectivity index (χ4v) is 3.25. The highest BCUT2D eigenvalue weighted by Gasteiger charge is 2.15. The summed E-state index contributed by atoms with van der Waals surface area (Å²) in [6.07, 6.45) is 6.98. The average molecular weight is 320 g/mol. The Balaban J connectivity index is 1.32. The highest BCUT2D eigenvalue weighted by Crippen LogP contribution is 2.07. The van der Waals surface area contributed by atoms with Crippen molar-refractivity contribution in [1.82, 2.24) is 9.80 Å². The molecule has 0 radical (unpaired) electrons. The maximum Gasteiger partial charge on any atom is 0.0167 e. The fourth-order valence-electron chi connectivity index (χ4n) is 3.25. The van der Waals surface area contributed by atoms with Gasteiger partial charge in [0.2, 0.25) is 0 Å². The van der Waals surface area contributed by atoms with Gasteiger partial charge in [0.1, 0.15) is 0 Å². The highest BCUT2D eigenvalue weighted by molar-refractivity contribution is 5.48. The summed E-state index contributed by atoms with van der Waals surface area (Å²) in [6, 6.07) is 21.4. The first-order valence-corrected chi connectivity index (χ1v) is 9.10. The number of rotatable bonds is 7. The lowest BCUT2D eigenvalue weighted by atomic mass is 10.1. The van der Waals surface area contributed by atoms with E-state index in [0.717, 1.165) is 6.54 Å². The zero-order valence-corrected chi connectivity index (χ0v) is 14.5. The van der Waals surface area contributed by atoms with E-state index in [0.29, 0.717) is 0 Å². The minimum Gasteiger partial charge on any atom is -0.301 e. The summed E-state index contributed by atoms with van der Waals surface area (Å²) in [4.78, 5) is 5.16. The van der Waals surface area contributed by atoms with Crippen LogP contribution in [0, 0.1) is 0 Å². The monoisotopic (exact) mass is 320 g/mol. The molecule has 2 aromatic carbocycles. The Morgan fingerprint density at radius 1 is 0.750 bits per heavy atom. The Hall–Kier alpha value is -1.90. The van der Waals surface area contributed by atoms with Gasteiger partial charge in [-0.05, 0) is 30.5 Å². The van der Waals surface area contributed by atoms with Crippen molar-refractivity contribution in [3.63, 3.8) is 0 Å². The number of aryl methyl sites for hydroxylation is 1. The Kier molecular flexibility index (Phi) is 6.64. The molecule has 2 nitrogen and oxygen atoms in total. The van der Waals surface area contributed by atoms with Crippen LogP contribution < -0.4 is 0 Å². The summed E-state index contributed by atoms with van der Waals surface area (Å²) in [7, 11) is 0. The van der Waals surface area contributed by atoms with Gasteiger partial charge in [-0.1, -0.05) is 72.8 Å². The van der Waals surface area contributed by atoms with Crippen LogP contribution in [0.5, 0.6) is 0 Å². The van der Waals surface area contributed by atoms with Crippen molar-refractivity contribution in [3.8, 4) is 0 Å². The lowest BCUT2D eigenvalue weighted by molar-refractivity contribution is 0.141. The Morgan fingerprint density at radius 2 is 1.38 bits per heavy atom. The Bertz CT molecular complexity index is 598. The Morgan fingerprint density at radius 3 is 2.08 bits per heavy atom. The molecule has 0 atom stereocenters. The number of hydrogen-bond acceptors (Lipinski definition) is 2. The van der Waals surface area contributed by atoms with Crippen LogP contribution in [-0.4, -0.2) is 49.1 Å². The predicted molar refractivity (Wildman–Crippen MR) is 103 cm³/mol. The van der Waals surface area contributed by atoms with E-state index >= 15 is 0 Å². The molecule has 3 rings (SSSR count). The zero-order chi connectivity index (χ0) is 16.5. The van der Waals surface area contributed by atoms with E-state index < -0.39 is 0 Å². The van der Waals surface area contributed by atoms with Crippen molar-refractivity contribution in [2.24, 2.45) is 0 Å². The topological polar surface area (TPSA) is 6.48 Å². The van der Waals surface area contributed by atoms with Crippen molar-refractivity contribution >= 4 is 6.08 Å². The summed E-state index contributed by atoms with van der Waals surface area (Å²) < 4.78 is 0. The van der Waals surface area contributed by atoms with E-state index in [1.807, 2.05) is 0 Å². The number of hydrogen-bond donors (Lipinski definition) is 0. The number of nitrogens with zero attached hydrogens (tertiary/aromatic N) is 2. The molecule has 126 valence electrons. The zero-order valence-electron chi connectivity index (χ0n) is 14.5. The van der Waals surface area contributed by atoms with Gasteiger partial charge in [0.05, 0.1) is 0 Å². The van der Waals surface area contributed by atoms with Crippen LogP contribution in [0.4, 0.5) is 0 Å². The summed E-state index contributed by atoms with van der Waals surface area (Å²) in [5, 5.41) is 0. The van der Waals surface area contributed by atoms with Crippen LogP contribution >= 0.6 is 0 Å². The highest BCUT2D eigenvalue weighted by atomic mass is 15.3. The van der Waals surface area contributed by atoms with Crippen LogP contribution in [0.3, 0.4) is 0 Å². The second kappa shape index (κ2) is 9.41. The van der Waals surface area contributed by atoms with Gasteiger partial charge in [0.25, 0.3) is 0 Å². The van der Waals surface area contributed by atoms with Gasteiger partial charge >= 0.3 is 0 Å². The molecule has 0 aromatic heterocycles. The van der Waals surface area contributed by atoms with E-state index in [2.05, 4.69) is 82.6 Å². The van der Waals surface area contributed by atoms with Crippen molar-refractivity contribution in [3.05, 3.63) is 77.9 Å². The summed E-state index contributed by atoms with van der Waals surface area (Å²) in [6.45, 7) is 7.06. The van der Waals surface area contributed by atoms with Crippen molar-refractivity contribution < 1.29 is 0 Å². The van der Waals surface area contributed by atoms with Crippen LogP contribution in [0.2, 0.25) is 0 Å². The van der Waals surface area contributed by atoms with Gasteiger partial charge in [-0.25, -0.2) is 0 Å². The second-order valence-electron chi connectivity index (χ2n) is 6.54. The summed E-state index contributed by atoms with van der Waals surface area (Å²) in [5.74, 6) is 0. The lowest BCUT2D eigenvalue weighted by Gasteiger charge is -2.34. The molecule has 1 fully saturated rings. The molecular formula is C22H28N2. The first-order valence-electron chi connectivity index (χ1n) is 9.10. The third-order valence-electron chi connectivity index (χ3n) is 4.72. The SMILES string of the molecule is C(=C/c1ccccc1)/CN1CCN(CCCc2ccccc2)CC1. The maximum atomic E-state index is 2.61. The van der Waals surface area contributed by atoms with Crippen molar-refractivity contribution in [2.45, 2.75) is 12.8 Å². The van der Waals surface area contributed by atoms with Crippen LogP contribution in [0.1, 0.15) is 17.5 Å². The molecule has 0 amide bonds. The first kappa shape index (κ1) is 16.9. The predicted octanol–water partition coefficient (Wildman–Crippen LogP) is 3.95. The van der Waals surface area contributed by atoms with Crippen LogP contribution in [0.25, 0.3) is 6.08 Å². The maximum absolute atomic E-state index is 2.61. The first-order chi connectivity index (χ1) is 11.9. The fraction of sp³-hybridized carbons (Fsp3) is 0.364. The molecule has 1 heterocycles. The molecule has 0 saturated carbocycles. The quantitative estimate of drug-likeness (QED) is 0.762. The van der Waals surface area contributed by atoms with Crippen LogP contribution in [-0.2, 0) is 6.42 Å². The molecule has 1 saturated heterocycles. The van der Waals surface area contributed by atoms with E-state index in [1.165, 1.54) is 56.7 Å². The number of piperazine rings is 1. The van der Waals surface area contributed by atoms with Gasteiger partial charge in [-0.15, -0.1) is 0 Å². The molecule has 0 aliphatic carbocycles. The molecule has 1 aliphatic heterocycles. The van der Waals surface area contributed by atoms with E-state index in [4.69, 9.17) is 0 Å². The van der Waals surface area contributed by atoms with Crippen LogP contribution in [0.15, 0.2) is 66.7 Å². The molecule has 24 heavy (non-hydrogen) atoms. The molecule has 0 N–H and O–H groups in total. The van der Waals surface area contributed by atoms with Gasteiger partial charge in [-0.3, -0.25) is 4.90 Å². The van der Waals surface area contributed by atoms with Gasteiger partial charge in [0.15, 0.2) is 0 Å². The average Bonchev–Trinajstić information content (AvgIpc) is 2.65. The Labute approximate surface area is 146 Å². The van der Waals surface area contributed by atoms with E-state index in [-0.39, 0.29) is 0 Å². The van der Waals surface area contributed by atoms with Crippen molar-refractivity contribution in [1.29, 1.82) is 0 Å². The largest absolute Gasteiger partial charge is 0.301 e. The molecule has 1 aliphatic rings. The second-order valence-corrected chi connectivity index (χ2v) is 6.54. The van der Waals surface area contributed by atoms with Gasteiger partial charge in [0, 0.05) is 32.7 Å². The van der Waals surface area contributed by atoms with Crippen molar-refractivity contribution in [2.75, 3.05) is 39.3 Å². The molecule has 2 aromatic rings. The van der Waals surface area contributed by atoms with Gasteiger partial charge < -0.3 is 4.90 Å². The molecule has 0 unspecified atom stereocenters. The summed E-state index contributed by atoms with van der Waals surface area (Å²) >= 11 is 0. The minimum absolute atomic E-state index is 1.06.